The van der Waals surface area contributed by atoms with Crippen LogP contribution in [0.4, 0.5) is 4.39 Å². The van der Waals surface area contributed by atoms with Gasteiger partial charge in [0.2, 0.25) is 11.7 Å². The van der Waals surface area contributed by atoms with Crippen LogP contribution in [0.3, 0.4) is 0 Å². The standard InChI is InChI=1S/C9H9FN4O/c1-5(11)9-13-8(14-15-9)7-3-2-6(10)4-12-7/h2-5H,11H2,1H3. The van der Waals surface area contributed by atoms with Gasteiger partial charge in [0.1, 0.15) is 11.5 Å². The van der Waals surface area contributed by atoms with E-state index in [1.165, 1.54) is 12.1 Å². The Labute approximate surface area is 85.1 Å². The Hall–Kier alpha value is -1.82. The summed E-state index contributed by atoms with van der Waals surface area (Å²) in [7, 11) is 0. The molecule has 78 valence electrons. The number of pyridine rings is 1. The summed E-state index contributed by atoms with van der Waals surface area (Å²) in [4.78, 5) is 7.84. The lowest BCUT2D eigenvalue weighted by molar-refractivity contribution is 0.362. The van der Waals surface area contributed by atoms with Crippen LogP contribution >= 0.6 is 0 Å². The first-order chi connectivity index (χ1) is 7.16. The fourth-order valence-electron chi connectivity index (χ4n) is 1.03. The molecule has 6 heteroatoms. The second-order valence-corrected chi connectivity index (χ2v) is 3.11. The van der Waals surface area contributed by atoms with Gasteiger partial charge < -0.3 is 10.3 Å². The summed E-state index contributed by atoms with van der Waals surface area (Å²) in [5, 5.41) is 3.69. The molecule has 0 saturated carbocycles. The molecule has 1 unspecified atom stereocenters. The predicted molar refractivity (Wildman–Crippen MR) is 50.1 cm³/mol. The zero-order valence-electron chi connectivity index (χ0n) is 8.01. The van der Waals surface area contributed by atoms with Crippen LogP contribution in [0, 0.1) is 5.82 Å². The maximum Gasteiger partial charge on any atom is 0.243 e. The minimum Gasteiger partial charge on any atom is -0.337 e. The number of rotatable bonds is 2. The predicted octanol–water partition coefficient (Wildman–Crippen LogP) is 1.29. The summed E-state index contributed by atoms with van der Waals surface area (Å²) in [6, 6.07) is 2.43. The van der Waals surface area contributed by atoms with Gasteiger partial charge in [-0.2, -0.15) is 4.98 Å². The first kappa shape index (κ1) is 9.72. The number of hydrogen-bond acceptors (Lipinski definition) is 5. The molecule has 0 bridgehead atoms. The van der Waals surface area contributed by atoms with Gasteiger partial charge in [-0.05, 0) is 19.1 Å². The van der Waals surface area contributed by atoms with E-state index in [9.17, 15) is 4.39 Å². The monoisotopic (exact) mass is 208 g/mol. The Bertz CT molecular complexity index is 451. The quantitative estimate of drug-likeness (QED) is 0.804. The lowest BCUT2D eigenvalue weighted by Gasteiger charge is -1.93. The molecule has 2 N–H and O–H groups in total. The lowest BCUT2D eigenvalue weighted by Crippen LogP contribution is -2.04. The fraction of sp³-hybridized carbons (Fsp3) is 0.222. The number of hydrogen-bond donors (Lipinski definition) is 1. The summed E-state index contributed by atoms with van der Waals surface area (Å²) in [6.07, 6.45) is 1.09. The Morgan fingerprint density at radius 1 is 1.47 bits per heavy atom. The lowest BCUT2D eigenvalue weighted by atomic mass is 10.3. The van der Waals surface area contributed by atoms with Gasteiger partial charge in [-0.15, -0.1) is 0 Å². The van der Waals surface area contributed by atoms with Gasteiger partial charge in [0, 0.05) is 0 Å². The van der Waals surface area contributed by atoms with Crippen LogP contribution in [0.5, 0.6) is 0 Å². The van der Waals surface area contributed by atoms with Crippen molar-refractivity contribution in [3.05, 3.63) is 30.0 Å². The van der Waals surface area contributed by atoms with E-state index in [-0.39, 0.29) is 6.04 Å². The molecular weight excluding hydrogens is 199 g/mol. The first-order valence-corrected chi connectivity index (χ1v) is 4.38. The maximum absolute atomic E-state index is 12.6. The van der Waals surface area contributed by atoms with Crippen molar-refractivity contribution in [2.45, 2.75) is 13.0 Å². The summed E-state index contributed by atoms with van der Waals surface area (Å²) in [5.74, 6) is 0.230. The number of halogens is 1. The van der Waals surface area contributed by atoms with Gasteiger partial charge in [-0.3, -0.25) is 0 Å². The second kappa shape index (κ2) is 3.74. The summed E-state index contributed by atoms with van der Waals surface area (Å²) in [6.45, 7) is 1.73. The molecule has 0 aromatic carbocycles. The van der Waals surface area contributed by atoms with Crippen LogP contribution in [-0.2, 0) is 0 Å². The van der Waals surface area contributed by atoms with Crippen LogP contribution in [0.1, 0.15) is 18.9 Å². The van der Waals surface area contributed by atoms with Gasteiger partial charge in [-0.25, -0.2) is 9.37 Å². The minimum atomic E-state index is -0.408. The summed E-state index contributed by atoms with van der Waals surface area (Å²) in [5.41, 5.74) is 6.00. The van der Waals surface area contributed by atoms with Crippen LogP contribution in [0.2, 0.25) is 0 Å². The topological polar surface area (TPSA) is 77.8 Å². The molecule has 5 nitrogen and oxygen atoms in total. The van der Waals surface area contributed by atoms with E-state index in [0.717, 1.165) is 6.20 Å². The average molecular weight is 208 g/mol. The van der Waals surface area contributed by atoms with Crippen molar-refractivity contribution in [2.24, 2.45) is 5.73 Å². The van der Waals surface area contributed by atoms with Crippen molar-refractivity contribution in [1.82, 2.24) is 15.1 Å². The van der Waals surface area contributed by atoms with Crippen molar-refractivity contribution in [1.29, 1.82) is 0 Å². The first-order valence-electron chi connectivity index (χ1n) is 4.38. The van der Waals surface area contributed by atoms with Crippen LogP contribution < -0.4 is 5.73 Å². The minimum absolute atomic E-state index is 0.308. The van der Waals surface area contributed by atoms with E-state index in [2.05, 4.69) is 15.1 Å². The van der Waals surface area contributed by atoms with Gasteiger partial charge in [0.05, 0.1) is 12.2 Å². The molecule has 0 aliphatic heterocycles. The van der Waals surface area contributed by atoms with Gasteiger partial charge in [-0.1, -0.05) is 5.16 Å². The highest BCUT2D eigenvalue weighted by atomic mass is 19.1. The number of nitrogens with zero attached hydrogens (tertiary/aromatic N) is 3. The molecule has 2 aromatic heterocycles. The zero-order chi connectivity index (χ0) is 10.8. The molecular formula is C9H9FN4O. The van der Waals surface area contributed by atoms with E-state index in [0.29, 0.717) is 17.4 Å². The molecule has 1 atom stereocenters. The zero-order valence-corrected chi connectivity index (χ0v) is 8.01. The number of nitrogens with two attached hydrogens (primary N) is 1. The molecule has 0 amide bonds. The van der Waals surface area contributed by atoms with E-state index >= 15 is 0 Å². The summed E-state index contributed by atoms with van der Waals surface area (Å²) >= 11 is 0. The van der Waals surface area contributed by atoms with Crippen molar-refractivity contribution >= 4 is 0 Å². The molecule has 0 aliphatic carbocycles. The number of aromatic nitrogens is 3. The molecule has 2 aromatic rings. The van der Waals surface area contributed by atoms with Gasteiger partial charge >= 0.3 is 0 Å². The van der Waals surface area contributed by atoms with Crippen molar-refractivity contribution in [2.75, 3.05) is 0 Å². The van der Waals surface area contributed by atoms with Crippen LogP contribution in [0.25, 0.3) is 11.5 Å². The third-order valence-electron chi connectivity index (χ3n) is 1.79. The summed E-state index contributed by atoms with van der Waals surface area (Å²) < 4.78 is 17.5. The van der Waals surface area contributed by atoms with E-state index in [4.69, 9.17) is 10.3 Å². The molecule has 0 radical (unpaired) electrons. The Balaban J connectivity index is 2.33. The van der Waals surface area contributed by atoms with Crippen molar-refractivity contribution < 1.29 is 8.91 Å². The van der Waals surface area contributed by atoms with E-state index < -0.39 is 5.82 Å². The third kappa shape index (κ3) is 1.99. The fourth-order valence-corrected chi connectivity index (χ4v) is 1.03. The molecule has 15 heavy (non-hydrogen) atoms. The normalized spacial score (nSPS) is 12.7. The molecule has 2 heterocycles. The SMILES string of the molecule is CC(N)c1nc(-c2ccc(F)cn2)no1. The van der Waals surface area contributed by atoms with E-state index in [1.807, 2.05) is 0 Å². The third-order valence-corrected chi connectivity index (χ3v) is 1.79. The van der Waals surface area contributed by atoms with Crippen LogP contribution in [0.15, 0.2) is 22.9 Å². The molecule has 0 fully saturated rings. The second-order valence-electron chi connectivity index (χ2n) is 3.11. The molecule has 2 rings (SSSR count). The average Bonchev–Trinajstić information content (AvgIpc) is 2.68. The molecule has 0 saturated heterocycles. The smallest absolute Gasteiger partial charge is 0.243 e. The largest absolute Gasteiger partial charge is 0.337 e. The van der Waals surface area contributed by atoms with Crippen molar-refractivity contribution in [3.8, 4) is 11.5 Å². The van der Waals surface area contributed by atoms with Gasteiger partial charge in [0.25, 0.3) is 0 Å². The highest BCUT2D eigenvalue weighted by molar-refractivity contribution is 5.47. The Kier molecular flexibility index (Phi) is 2.42. The Morgan fingerprint density at radius 2 is 2.27 bits per heavy atom. The highest BCUT2D eigenvalue weighted by Gasteiger charge is 2.12. The van der Waals surface area contributed by atoms with Crippen LogP contribution in [-0.4, -0.2) is 15.1 Å². The van der Waals surface area contributed by atoms with Crippen molar-refractivity contribution in [3.63, 3.8) is 0 Å². The Morgan fingerprint density at radius 3 is 2.80 bits per heavy atom. The maximum atomic E-state index is 12.6. The molecule has 0 aliphatic rings. The highest BCUT2D eigenvalue weighted by Crippen LogP contribution is 2.15. The van der Waals surface area contributed by atoms with Gasteiger partial charge in [0.15, 0.2) is 0 Å². The van der Waals surface area contributed by atoms with E-state index in [1.54, 1.807) is 6.92 Å². The molecule has 0 spiro atoms.